The minimum absolute atomic E-state index is 0.0582. The molecule has 0 saturated heterocycles. The average Bonchev–Trinajstić information content (AvgIpc) is 3.10. The fourth-order valence-electron chi connectivity index (χ4n) is 2.33. The van der Waals surface area contributed by atoms with Crippen LogP contribution in [0.4, 0.5) is 0 Å². The van der Waals surface area contributed by atoms with E-state index in [1.165, 1.54) is 23.9 Å². The van der Waals surface area contributed by atoms with E-state index < -0.39 is 11.8 Å². The van der Waals surface area contributed by atoms with Gasteiger partial charge in [0.2, 0.25) is 5.91 Å². The molecule has 1 aliphatic rings. The molecule has 1 N–H and O–H groups in total. The van der Waals surface area contributed by atoms with Gasteiger partial charge in [-0.3, -0.25) is 24.1 Å². The lowest BCUT2D eigenvalue weighted by Crippen LogP contribution is -2.35. The van der Waals surface area contributed by atoms with Gasteiger partial charge in [0.1, 0.15) is 0 Å². The van der Waals surface area contributed by atoms with Crippen LogP contribution in [-0.4, -0.2) is 105 Å². The maximum atomic E-state index is 11.7. The van der Waals surface area contributed by atoms with Crippen LogP contribution in [0.15, 0.2) is 12.2 Å². The van der Waals surface area contributed by atoms with Crippen LogP contribution >= 0.6 is 23.5 Å². The summed E-state index contributed by atoms with van der Waals surface area (Å²) in [4.78, 5) is 46.9. The number of carbonyl (C=O) groups is 4. The van der Waals surface area contributed by atoms with E-state index in [2.05, 4.69) is 5.32 Å². The summed E-state index contributed by atoms with van der Waals surface area (Å²) in [6, 6.07) is 0. The molecule has 0 spiro atoms. The molecule has 0 radical (unpaired) electrons. The summed E-state index contributed by atoms with van der Waals surface area (Å²) in [5.41, 5.74) is 0. The minimum atomic E-state index is -0.394. The molecule has 0 aromatic rings. The quantitative estimate of drug-likeness (QED) is 0.146. The molecule has 1 rings (SSSR count). The van der Waals surface area contributed by atoms with E-state index in [9.17, 15) is 19.2 Å². The Kier molecular flexibility index (Phi) is 17.0. The van der Waals surface area contributed by atoms with E-state index in [0.29, 0.717) is 65.8 Å². The topological polar surface area (TPSA) is 120 Å². The summed E-state index contributed by atoms with van der Waals surface area (Å²) in [5, 5.41) is 3.58. The van der Waals surface area contributed by atoms with Crippen molar-refractivity contribution in [3.05, 3.63) is 12.2 Å². The summed E-state index contributed by atoms with van der Waals surface area (Å²) in [6.07, 6.45) is 4.81. The summed E-state index contributed by atoms with van der Waals surface area (Å²) >= 11 is 2.94. The second kappa shape index (κ2) is 19.1. The minimum Gasteiger partial charge on any atom is -0.379 e. The molecule has 0 aromatic heterocycles. The molecule has 3 amide bonds. The van der Waals surface area contributed by atoms with E-state index in [4.69, 9.17) is 18.9 Å². The van der Waals surface area contributed by atoms with Gasteiger partial charge in [-0.15, -0.1) is 0 Å². The molecule has 12 heteroatoms. The molecule has 0 aromatic carbocycles. The van der Waals surface area contributed by atoms with E-state index in [1.807, 2.05) is 6.26 Å². The normalized spacial score (nSPS) is 13.2. The highest BCUT2D eigenvalue weighted by atomic mass is 32.2. The molecule has 0 fully saturated rings. The van der Waals surface area contributed by atoms with Crippen molar-refractivity contribution in [1.82, 2.24) is 10.2 Å². The van der Waals surface area contributed by atoms with Gasteiger partial charge in [-0.05, 0) is 6.26 Å². The van der Waals surface area contributed by atoms with Gasteiger partial charge in [-0.2, -0.15) is 11.8 Å². The second-order valence-corrected chi connectivity index (χ2v) is 8.65. The van der Waals surface area contributed by atoms with Crippen molar-refractivity contribution in [1.29, 1.82) is 0 Å². The molecule has 0 unspecified atom stereocenters. The highest BCUT2D eigenvalue weighted by molar-refractivity contribution is 8.23. The summed E-state index contributed by atoms with van der Waals surface area (Å²) < 4.78 is 21.4. The fraction of sp³-hybridized carbons (Fsp3) is 0.700. The maximum Gasteiger partial charge on any atom is 0.253 e. The average molecular weight is 493 g/mol. The first-order chi connectivity index (χ1) is 15.5. The number of rotatable bonds is 20. The van der Waals surface area contributed by atoms with Crippen LogP contribution in [0.3, 0.4) is 0 Å². The van der Waals surface area contributed by atoms with Crippen molar-refractivity contribution in [2.75, 3.05) is 77.3 Å². The van der Waals surface area contributed by atoms with Crippen LogP contribution in [0.25, 0.3) is 0 Å². The summed E-state index contributed by atoms with van der Waals surface area (Å²) in [6.45, 7) is 3.73. The SMILES string of the molecule is CSCSC(=O)CCOCCOCCOCCOCCNC(=O)CCN1C(=O)C=CC1=O. The van der Waals surface area contributed by atoms with Crippen molar-refractivity contribution in [2.45, 2.75) is 12.8 Å². The lowest BCUT2D eigenvalue weighted by molar-refractivity contribution is -0.137. The van der Waals surface area contributed by atoms with Gasteiger partial charge in [0.05, 0.1) is 52.9 Å². The van der Waals surface area contributed by atoms with E-state index in [1.54, 1.807) is 11.8 Å². The number of imide groups is 1. The Morgan fingerprint density at radius 2 is 1.38 bits per heavy atom. The van der Waals surface area contributed by atoms with Crippen molar-refractivity contribution < 1.29 is 38.1 Å². The van der Waals surface area contributed by atoms with Gasteiger partial charge in [0.15, 0.2) is 5.12 Å². The lowest BCUT2D eigenvalue weighted by atomic mass is 10.3. The number of amides is 3. The number of ether oxygens (including phenoxy) is 4. The molecule has 32 heavy (non-hydrogen) atoms. The number of carbonyl (C=O) groups excluding carboxylic acids is 4. The van der Waals surface area contributed by atoms with Crippen molar-refractivity contribution >= 4 is 46.4 Å². The van der Waals surface area contributed by atoms with Gasteiger partial charge in [-0.25, -0.2) is 0 Å². The Labute approximate surface area is 197 Å². The van der Waals surface area contributed by atoms with E-state index in [0.717, 1.165) is 9.98 Å². The molecule has 10 nitrogen and oxygen atoms in total. The van der Waals surface area contributed by atoms with Gasteiger partial charge < -0.3 is 24.3 Å². The molecule has 0 bridgehead atoms. The Hall–Kier alpha value is -1.44. The zero-order valence-electron chi connectivity index (χ0n) is 18.4. The Morgan fingerprint density at radius 1 is 0.844 bits per heavy atom. The number of hydrogen-bond acceptors (Lipinski definition) is 10. The Balaban J connectivity index is 1.78. The number of thioether (sulfide) groups is 2. The Morgan fingerprint density at radius 3 is 1.94 bits per heavy atom. The van der Waals surface area contributed by atoms with E-state index >= 15 is 0 Å². The molecule has 1 aliphatic heterocycles. The van der Waals surface area contributed by atoms with Crippen LogP contribution in [0, 0.1) is 0 Å². The monoisotopic (exact) mass is 492 g/mol. The standard InChI is InChI=1S/C20H32N2O8S2/c1-31-16-32-20(26)5-8-27-10-12-29-14-15-30-13-11-28-9-6-21-17(23)4-7-22-18(24)2-3-19(22)25/h2-3H,4-16H2,1H3,(H,21,23). The first-order valence-corrected chi connectivity index (χ1v) is 12.7. The Bertz CT molecular complexity index is 600. The largest absolute Gasteiger partial charge is 0.379 e. The smallest absolute Gasteiger partial charge is 0.253 e. The fourth-order valence-corrected chi connectivity index (χ4v) is 3.55. The zero-order chi connectivity index (χ0) is 23.4. The summed E-state index contributed by atoms with van der Waals surface area (Å²) in [5.74, 6) is -1.04. The molecule has 0 saturated carbocycles. The molecular formula is C20H32N2O8S2. The highest BCUT2D eigenvalue weighted by Crippen LogP contribution is 2.11. The van der Waals surface area contributed by atoms with Gasteiger partial charge in [0, 0.05) is 43.2 Å². The van der Waals surface area contributed by atoms with Gasteiger partial charge in [-0.1, -0.05) is 11.8 Å². The number of hydrogen-bond donors (Lipinski definition) is 1. The number of nitrogens with one attached hydrogen (secondary N) is 1. The van der Waals surface area contributed by atoms with Crippen molar-refractivity contribution in [3.8, 4) is 0 Å². The molecule has 182 valence electrons. The lowest BCUT2D eigenvalue weighted by Gasteiger charge is -2.13. The first-order valence-electron chi connectivity index (χ1n) is 10.3. The number of nitrogens with zero attached hydrogens (tertiary/aromatic N) is 1. The van der Waals surface area contributed by atoms with Gasteiger partial charge in [0.25, 0.3) is 11.8 Å². The molecule has 1 heterocycles. The third kappa shape index (κ3) is 14.6. The van der Waals surface area contributed by atoms with Crippen molar-refractivity contribution in [3.63, 3.8) is 0 Å². The van der Waals surface area contributed by atoms with Gasteiger partial charge >= 0.3 is 0 Å². The predicted octanol–water partition coefficient (Wildman–Crippen LogP) is 0.455. The first kappa shape index (κ1) is 28.6. The van der Waals surface area contributed by atoms with Crippen molar-refractivity contribution in [2.24, 2.45) is 0 Å². The van der Waals surface area contributed by atoms with E-state index in [-0.39, 0.29) is 24.0 Å². The predicted molar refractivity (Wildman–Crippen MR) is 122 cm³/mol. The van der Waals surface area contributed by atoms with Crippen LogP contribution in [0.2, 0.25) is 0 Å². The highest BCUT2D eigenvalue weighted by Gasteiger charge is 2.23. The van der Waals surface area contributed by atoms with Crippen LogP contribution < -0.4 is 5.32 Å². The van der Waals surface area contributed by atoms with Crippen LogP contribution in [-0.2, 0) is 38.1 Å². The molecule has 0 atom stereocenters. The second-order valence-electron chi connectivity index (χ2n) is 6.38. The third-order valence-corrected chi connectivity index (χ3v) is 5.88. The maximum absolute atomic E-state index is 11.7. The third-order valence-electron chi connectivity index (χ3n) is 3.94. The zero-order valence-corrected chi connectivity index (χ0v) is 20.0. The summed E-state index contributed by atoms with van der Waals surface area (Å²) in [7, 11) is 0. The molecular weight excluding hydrogens is 460 g/mol. The van der Waals surface area contributed by atoms with Crippen LogP contribution in [0.1, 0.15) is 12.8 Å². The molecule has 0 aliphatic carbocycles. The van der Waals surface area contributed by atoms with Crippen LogP contribution in [0.5, 0.6) is 0 Å².